The minimum atomic E-state index is -0.494. The fourth-order valence-corrected chi connectivity index (χ4v) is 4.95. The van der Waals surface area contributed by atoms with Gasteiger partial charge in [-0.15, -0.1) is 11.3 Å². The van der Waals surface area contributed by atoms with Crippen LogP contribution in [0.1, 0.15) is 35.7 Å². The van der Waals surface area contributed by atoms with Gasteiger partial charge in [0.25, 0.3) is 5.56 Å². The number of rotatable bonds is 5. The molecule has 0 N–H and O–H groups in total. The van der Waals surface area contributed by atoms with Crippen molar-refractivity contribution in [2.24, 2.45) is 7.05 Å². The van der Waals surface area contributed by atoms with Crippen molar-refractivity contribution in [2.45, 2.75) is 32.4 Å². The highest BCUT2D eigenvalue weighted by molar-refractivity contribution is 7.17. The maximum absolute atomic E-state index is 13.2. The summed E-state index contributed by atoms with van der Waals surface area (Å²) >= 11 is 1.22. The standard InChI is InChI=1S/C22H25N3O4S/c1-3-24-11-7-10-16(13-24)29-21(27)17-14-30-20-18(17)19(26)25(22(28)23(20)2)12-15-8-5-4-6-9-15/h4-6,8-9,14,16H,3,7,10-13H2,1-2H3. The highest BCUT2D eigenvalue weighted by atomic mass is 32.1. The zero-order chi connectivity index (χ0) is 21.3. The number of hydrogen-bond donors (Lipinski definition) is 0. The largest absolute Gasteiger partial charge is 0.457 e. The number of benzene rings is 1. The average molecular weight is 428 g/mol. The van der Waals surface area contributed by atoms with Crippen LogP contribution < -0.4 is 11.2 Å². The number of ether oxygens (including phenoxy) is 1. The number of aromatic nitrogens is 2. The molecule has 158 valence electrons. The summed E-state index contributed by atoms with van der Waals surface area (Å²) in [4.78, 5) is 41.7. The summed E-state index contributed by atoms with van der Waals surface area (Å²) in [5.74, 6) is -0.494. The molecule has 1 fully saturated rings. The summed E-state index contributed by atoms with van der Waals surface area (Å²) in [5, 5.41) is 1.88. The molecule has 7 nitrogen and oxygen atoms in total. The van der Waals surface area contributed by atoms with Crippen molar-refractivity contribution >= 4 is 27.5 Å². The van der Waals surface area contributed by atoms with Crippen molar-refractivity contribution in [1.82, 2.24) is 14.0 Å². The number of esters is 1. The Bertz CT molecular complexity index is 1180. The van der Waals surface area contributed by atoms with Gasteiger partial charge in [0.1, 0.15) is 10.9 Å². The molecule has 3 aromatic rings. The van der Waals surface area contributed by atoms with Crippen molar-refractivity contribution in [3.8, 4) is 0 Å². The van der Waals surface area contributed by atoms with Crippen LogP contribution in [0, 0.1) is 0 Å². The van der Waals surface area contributed by atoms with Gasteiger partial charge in [-0.1, -0.05) is 37.3 Å². The first kappa shape index (κ1) is 20.6. The van der Waals surface area contributed by atoms with Gasteiger partial charge >= 0.3 is 11.7 Å². The van der Waals surface area contributed by atoms with E-state index in [0.29, 0.717) is 11.4 Å². The molecule has 0 aliphatic carbocycles. The highest BCUT2D eigenvalue weighted by Gasteiger charge is 2.26. The molecule has 0 bridgehead atoms. The van der Waals surface area contributed by atoms with E-state index >= 15 is 0 Å². The van der Waals surface area contributed by atoms with Crippen LogP contribution in [0.2, 0.25) is 0 Å². The van der Waals surface area contributed by atoms with E-state index in [9.17, 15) is 14.4 Å². The smallest absolute Gasteiger partial charge is 0.340 e. The third-order valence-corrected chi connectivity index (χ3v) is 6.69. The monoisotopic (exact) mass is 427 g/mol. The minimum absolute atomic E-state index is 0.153. The Morgan fingerprint density at radius 3 is 2.73 bits per heavy atom. The van der Waals surface area contributed by atoms with Crippen molar-refractivity contribution in [2.75, 3.05) is 19.6 Å². The molecule has 30 heavy (non-hydrogen) atoms. The maximum Gasteiger partial charge on any atom is 0.340 e. The molecule has 0 saturated carbocycles. The second kappa shape index (κ2) is 8.57. The average Bonchev–Trinajstić information content (AvgIpc) is 3.22. The molecule has 8 heteroatoms. The zero-order valence-electron chi connectivity index (χ0n) is 17.2. The lowest BCUT2D eigenvalue weighted by atomic mass is 10.1. The Morgan fingerprint density at radius 2 is 2.00 bits per heavy atom. The lowest BCUT2D eigenvalue weighted by molar-refractivity contribution is 0.00798. The molecular formula is C22H25N3O4S. The number of carbonyl (C=O) groups excluding carboxylic acids is 1. The number of piperidine rings is 1. The summed E-state index contributed by atoms with van der Waals surface area (Å²) in [6.45, 7) is 4.88. The van der Waals surface area contributed by atoms with E-state index in [1.807, 2.05) is 30.3 Å². The molecule has 0 spiro atoms. The fourth-order valence-electron chi connectivity index (χ4n) is 3.96. The summed E-state index contributed by atoms with van der Waals surface area (Å²) < 4.78 is 8.36. The molecule has 3 heterocycles. The first-order chi connectivity index (χ1) is 14.5. The molecule has 1 atom stereocenters. The lowest BCUT2D eigenvalue weighted by Gasteiger charge is -2.31. The number of fused-ring (bicyclic) bond motifs is 1. The van der Waals surface area contributed by atoms with Crippen molar-refractivity contribution < 1.29 is 9.53 Å². The van der Waals surface area contributed by atoms with Crippen LogP contribution in [-0.2, 0) is 18.3 Å². The third-order valence-electron chi connectivity index (χ3n) is 5.64. The van der Waals surface area contributed by atoms with Crippen molar-refractivity contribution in [3.05, 3.63) is 67.7 Å². The van der Waals surface area contributed by atoms with Crippen LogP contribution in [0.4, 0.5) is 0 Å². The first-order valence-electron chi connectivity index (χ1n) is 10.2. The van der Waals surface area contributed by atoms with Crippen LogP contribution in [-0.4, -0.2) is 45.7 Å². The van der Waals surface area contributed by atoms with Gasteiger partial charge in [0.15, 0.2) is 0 Å². The summed E-state index contributed by atoms with van der Waals surface area (Å²) in [5.41, 5.74) is 0.233. The van der Waals surface area contributed by atoms with Crippen LogP contribution in [0.3, 0.4) is 0 Å². The van der Waals surface area contributed by atoms with Gasteiger partial charge in [0, 0.05) is 19.0 Å². The van der Waals surface area contributed by atoms with Crippen LogP contribution in [0.15, 0.2) is 45.3 Å². The van der Waals surface area contributed by atoms with Gasteiger partial charge in [-0.05, 0) is 31.5 Å². The Hall–Kier alpha value is -2.71. The Kier molecular flexibility index (Phi) is 5.87. The highest BCUT2D eigenvalue weighted by Crippen LogP contribution is 2.24. The molecule has 4 rings (SSSR count). The molecule has 1 aliphatic rings. The van der Waals surface area contributed by atoms with Crippen LogP contribution >= 0.6 is 11.3 Å². The predicted molar refractivity (Wildman–Crippen MR) is 117 cm³/mol. The predicted octanol–water partition coefficient (Wildman–Crippen LogP) is 2.45. The first-order valence-corrected chi connectivity index (χ1v) is 11.1. The molecular weight excluding hydrogens is 402 g/mol. The van der Waals surface area contributed by atoms with E-state index in [4.69, 9.17) is 4.74 Å². The van der Waals surface area contributed by atoms with E-state index in [0.717, 1.165) is 31.5 Å². The van der Waals surface area contributed by atoms with Gasteiger partial charge in [-0.3, -0.25) is 18.8 Å². The number of aryl methyl sites for hydroxylation is 1. The zero-order valence-corrected chi connectivity index (χ0v) is 18.0. The van der Waals surface area contributed by atoms with Crippen LogP contribution in [0.5, 0.6) is 0 Å². The lowest BCUT2D eigenvalue weighted by Crippen LogP contribution is -2.41. The molecule has 1 saturated heterocycles. The Labute approximate surface area is 178 Å². The molecule has 0 radical (unpaired) electrons. The minimum Gasteiger partial charge on any atom is -0.457 e. The Balaban J connectivity index is 1.70. The van der Waals surface area contributed by atoms with Gasteiger partial charge < -0.3 is 4.74 Å². The molecule has 1 aromatic carbocycles. The van der Waals surface area contributed by atoms with E-state index in [2.05, 4.69) is 11.8 Å². The van der Waals surface area contributed by atoms with Gasteiger partial charge in [0.2, 0.25) is 0 Å². The van der Waals surface area contributed by atoms with Crippen molar-refractivity contribution in [3.63, 3.8) is 0 Å². The number of thiophene rings is 1. The number of nitrogens with zero attached hydrogens (tertiary/aromatic N) is 3. The van der Waals surface area contributed by atoms with Crippen molar-refractivity contribution in [1.29, 1.82) is 0 Å². The molecule has 2 aromatic heterocycles. The normalized spacial score (nSPS) is 17.3. The second-order valence-corrected chi connectivity index (χ2v) is 8.47. The summed E-state index contributed by atoms with van der Waals surface area (Å²) in [6.07, 6.45) is 1.62. The third kappa shape index (κ3) is 3.85. The number of hydrogen-bond acceptors (Lipinski definition) is 6. The Morgan fingerprint density at radius 1 is 1.23 bits per heavy atom. The molecule has 1 aliphatic heterocycles. The maximum atomic E-state index is 13.2. The molecule has 0 amide bonds. The summed E-state index contributed by atoms with van der Waals surface area (Å²) in [6, 6.07) is 9.33. The molecule has 1 unspecified atom stereocenters. The second-order valence-electron chi connectivity index (χ2n) is 7.61. The number of carbonyl (C=O) groups is 1. The number of likely N-dealkylation sites (N-methyl/N-ethyl adjacent to an activating group) is 1. The van der Waals surface area contributed by atoms with E-state index in [1.54, 1.807) is 12.4 Å². The van der Waals surface area contributed by atoms with E-state index in [1.165, 1.54) is 20.5 Å². The SMILES string of the molecule is CCN1CCCC(OC(=O)c2csc3c2c(=O)n(Cc2ccccc2)c(=O)n3C)C1. The van der Waals surface area contributed by atoms with E-state index < -0.39 is 17.2 Å². The van der Waals surface area contributed by atoms with Gasteiger partial charge in [-0.25, -0.2) is 9.59 Å². The fraction of sp³-hybridized carbons (Fsp3) is 0.409. The number of likely N-dealkylation sites (tertiary alicyclic amines) is 1. The van der Waals surface area contributed by atoms with Gasteiger partial charge in [0.05, 0.1) is 17.5 Å². The summed E-state index contributed by atoms with van der Waals surface area (Å²) in [7, 11) is 1.62. The van der Waals surface area contributed by atoms with E-state index in [-0.39, 0.29) is 23.6 Å². The van der Waals surface area contributed by atoms with Gasteiger partial charge in [-0.2, -0.15) is 0 Å². The quantitative estimate of drug-likeness (QED) is 0.585. The topological polar surface area (TPSA) is 73.5 Å². The van der Waals surface area contributed by atoms with Crippen LogP contribution in [0.25, 0.3) is 10.2 Å².